The van der Waals surface area contributed by atoms with Gasteiger partial charge in [-0.1, -0.05) is 30.3 Å². The van der Waals surface area contributed by atoms with Crippen molar-refractivity contribution in [1.82, 2.24) is 5.32 Å². The van der Waals surface area contributed by atoms with Crippen molar-refractivity contribution in [2.24, 2.45) is 0 Å². The Morgan fingerprint density at radius 2 is 1.83 bits per heavy atom. The van der Waals surface area contributed by atoms with Gasteiger partial charge in [0, 0.05) is 11.3 Å². The van der Waals surface area contributed by atoms with Crippen LogP contribution in [0.3, 0.4) is 0 Å². The number of benzene rings is 2. The summed E-state index contributed by atoms with van der Waals surface area (Å²) in [6.07, 6.45) is 0. The van der Waals surface area contributed by atoms with Gasteiger partial charge in [0.2, 0.25) is 0 Å². The molecule has 3 N–H and O–H groups in total. The zero-order valence-electron chi connectivity index (χ0n) is 9.55. The summed E-state index contributed by atoms with van der Waals surface area (Å²) in [5, 5.41) is 15.2. The van der Waals surface area contributed by atoms with Gasteiger partial charge in [-0.2, -0.15) is 0 Å². The first kappa shape index (κ1) is 10.7. The van der Waals surface area contributed by atoms with Gasteiger partial charge in [0.25, 0.3) is 0 Å². The van der Waals surface area contributed by atoms with Gasteiger partial charge in [0.15, 0.2) is 0 Å². The molecule has 0 aliphatic carbocycles. The summed E-state index contributed by atoms with van der Waals surface area (Å²) in [5.41, 5.74) is 2.57. The molecule has 1 aliphatic heterocycles. The van der Waals surface area contributed by atoms with E-state index in [-0.39, 0.29) is 17.8 Å². The van der Waals surface area contributed by atoms with Crippen LogP contribution in [-0.2, 0) is 0 Å². The average molecular weight is 240 g/mol. The van der Waals surface area contributed by atoms with Gasteiger partial charge >= 0.3 is 6.03 Å². The van der Waals surface area contributed by atoms with E-state index in [0.29, 0.717) is 0 Å². The van der Waals surface area contributed by atoms with Crippen LogP contribution in [0.15, 0.2) is 48.5 Å². The number of fused-ring (bicyclic) bond motifs is 1. The summed E-state index contributed by atoms with van der Waals surface area (Å²) in [6.45, 7) is 0. The van der Waals surface area contributed by atoms with Gasteiger partial charge < -0.3 is 15.7 Å². The lowest BCUT2D eigenvalue weighted by Gasteiger charge is -2.27. The Morgan fingerprint density at radius 1 is 1.06 bits per heavy atom. The Hall–Kier alpha value is -2.49. The summed E-state index contributed by atoms with van der Waals surface area (Å²) < 4.78 is 0. The number of urea groups is 1. The standard InChI is InChI=1S/C14H12N2O2/c17-10-6-7-12-11(8-10)13(16-14(18)15-12)9-4-2-1-3-5-9/h1-8,13,17H,(H2,15,16,18). The van der Waals surface area contributed by atoms with E-state index in [9.17, 15) is 9.90 Å². The molecular formula is C14H12N2O2. The summed E-state index contributed by atoms with van der Waals surface area (Å²) in [6, 6.07) is 14.1. The number of anilines is 1. The second kappa shape index (κ2) is 4.07. The lowest BCUT2D eigenvalue weighted by Crippen LogP contribution is -2.38. The molecule has 0 fully saturated rings. The van der Waals surface area contributed by atoms with E-state index in [0.717, 1.165) is 16.8 Å². The molecule has 2 amide bonds. The molecule has 2 aromatic carbocycles. The fourth-order valence-electron chi connectivity index (χ4n) is 2.18. The van der Waals surface area contributed by atoms with Crippen molar-refractivity contribution < 1.29 is 9.90 Å². The van der Waals surface area contributed by atoms with Crippen molar-refractivity contribution in [3.8, 4) is 5.75 Å². The van der Waals surface area contributed by atoms with Crippen molar-refractivity contribution in [2.45, 2.75) is 6.04 Å². The maximum Gasteiger partial charge on any atom is 0.320 e. The Bertz CT molecular complexity index is 596. The number of rotatable bonds is 1. The smallest absolute Gasteiger partial charge is 0.320 e. The molecule has 0 radical (unpaired) electrons. The highest BCUT2D eigenvalue weighted by Gasteiger charge is 2.25. The second-order valence-electron chi connectivity index (χ2n) is 4.21. The molecule has 4 heteroatoms. The Balaban J connectivity index is 2.12. The molecule has 1 heterocycles. The van der Waals surface area contributed by atoms with Crippen LogP contribution in [0.5, 0.6) is 5.75 Å². The quantitative estimate of drug-likeness (QED) is 0.671. The van der Waals surface area contributed by atoms with E-state index < -0.39 is 0 Å². The van der Waals surface area contributed by atoms with Crippen molar-refractivity contribution in [2.75, 3.05) is 5.32 Å². The maximum absolute atomic E-state index is 11.6. The monoisotopic (exact) mass is 240 g/mol. The predicted molar refractivity (Wildman–Crippen MR) is 68.5 cm³/mol. The van der Waals surface area contributed by atoms with Gasteiger partial charge in [0.1, 0.15) is 5.75 Å². The van der Waals surface area contributed by atoms with Crippen LogP contribution in [-0.4, -0.2) is 11.1 Å². The molecule has 0 aromatic heterocycles. The summed E-state index contributed by atoms with van der Waals surface area (Å²) in [7, 11) is 0. The van der Waals surface area contributed by atoms with E-state index in [1.807, 2.05) is 30.3 Å². The third kappa shape index (κ3) is 1.78. The Morgan fingerprint density at radius 3 is 2.61 bits per heavy atom. The van der Waals surface area contributed by atoms with E-state index in [2.05, 4.69) is 10.6 Å². The predicted octanol–water partition coefficient (Wildman–Crippen LogP) is 2.62. The molecule has 18 heavy (non-hydrogen) atoms. The van der Waals surface area contributed by atoms with Crippen molar-refractivity contribution >= 4 is 11.7 Å². The molecule has 1 aliphatic rings. The topological polar surface area (TPSA) is 61.4 Å². The number of aromatic hydroxyl groups is 1. The number of carbonyl (C=O) groups excluding carboxylic acids is 1. The number of phenolic OH excluding ortho intramolecular Hbond substituents is 1. The van der Waals surface area contributed by atoms with Crippen LogP contribution < -0.4 is 10.6 Å². The summed E-state index contributed by atoms with van der Waals surface area (Å²) >= 11 is 0. The highest BCUT2D eigenvalue weighted by Crippen LogP contribution is 2.33. The minimum Gasteiger partial charge on any atom is -0.508 e. The third-order valence-electron chi connectivity index (χ3n) is 3.00. The number of carbonyl (C=O) groups is 1. The molecule has 0 saturated heterocycles. The van der Waals surface area contributed by atoms with Crippen LogP contribution in [0, 0.1) is 0 Å². The van der Waals surface area contributed by atoms with E-state index in [1.165, 1.54) is 0 Å². The van der Waals surface area contributed by atoms with Crippen LogP contribution in [0.2, 0.25) is 0 Å². The molecule has 1 unspecified atom stereocenters. The molecular weight excluding hydrogens is 228 g/mol. The van der Waals surface area contributed by atoms with Crippen molar-refractivity contribution in [3.63, 3.8) is 0 Å². The molecule has 3 rings (SSSR count). The minimum absolute atomic E-state index is 0.188. The molecule has 4 nitrogen and oxygen atoms in total. The molecule has 0 bridgehead atoms. The first-order valence-corrected chi connectivity index (χ1v) is 5.69. The number of phenols is 1. The van der Waals surface area contributed by atoms with Crippen molar-refractivity contribution in [3.05, 3.63) is 59.7 Å². The fraction of sp³-hybridized carbons (Fsp3) is 0.0714. The van der Waals surface area contributed by atoms with Crippen LogP contribution in [0.1, 0.15) is 17.2 Å². The molecule has 2 aromatic rings. The largest absolute Gasteiger partial charge is 0.508 e. The fourth-order valence-corrected chi connectivity index (χ4v) is 2.18. The number of nitrogens with one attached hydrogen (secondary N) is 2. The maximum atomic E-state index is 11.6. The number of amides is 2. The molecule has 90 valence electrons. The summed E-state index contributed by atoms with van der Waals surface area (Å²) in [5.74, 6) is 0.188. The Labute approximate surface area is 104 Å². The zero-order valence-corrected chi connectivity index (χ0v) is 9.55. The van der Waals surface area contributed by atoms with Crippen LogP contribution in [0.4, 0.5) is 10.5 Å². The van der Waals surface area contributed by atoms with Gasteiger partial charge in [-0.15, -0.1) is 0 Å². The van der Waals surface area contributed by atoms with E-state index >= 15 is 0 Å². The number of hydrogen-bond acceptors (Lipinski definition) is 2. The first-order chi connectivity index (χ1) is 8.74. The van der Waals surface area contributed by atoms with Gasteiger partial charge in [0.05, 0.1) is 6.04 Å². The highest BCUT2D eigenvalue weighted by molar-refractivity contribution is 5.93. The lowest BCUT2D eigenvalue weighted by molar-refractivity contribution is 0.249. The summed E-state index contributed by atoms with van der Waals surface area (Å²) in [4.78, 5) is 11.6. The normalized spacial score (nSPS) is 17.6. The SMILES string of the molecule is O=C1Nc2ccc(O)cc2C(c2ccccc2)N1. The lowest BCUT2D eigenvalue weighted by atomic mass is 9.95. The Kier molecular flexibility index (Phi) is 2.41. The average Bonchev–Trinajstić information content (AvgIpc) is 2.39. The van der Waals surface area contributed by atoms with E-state index in [1.54, 1.807) is 18.2 Å². The van der Waals surface area contributed by atoms with Crippen LogP contribution >= 0.6 is 0 Å². The molecule has 0 saturated carbocycles. The van der Waals surface area contributed by atoms with Gasteiger partial charge in [-0.05, 0) is 23.8 Å². The molecule has 0 spiro atoms. The highest BCUT2D eigenvalue weighted by atomic mass is 16.3. The van der Waals surface area contributed by atoms with Gasteiger partial charge in [-0.3, -0.25) is 0 Å². The zero-order chi connectivity index (χ0) is 12.5. The number of hydrogen-bond donors (Lipinski definition) is 3. The van der Waals surface area contributed by atoms with Crippen LogP contribution in [0.25, 0.3) is 0 Å². The molecule has 1 atom stereocenters. The van der Waals surface area contributed by atoms with E-state index in [4.69, 9.17) is 0 Å². The van der Waals surface area contributed by atoms with Crippen molar-refractivity contribution in [1.29, 1.82) is 0 Å². The minimum atomic E-state index is -0.234. The van der Waals surface area contributed by atoms with Gasteiger partial charge in [-0.25, -0.2) is 4.79 Å². The third-order valence-corrected chi connectivity index (χ3v) is 3.00. The first-order valence-electron chi connectivity index (χ1n) is 5.69. The second-order valence-corrected chi connectivity index (χ2v) is 4.21.